The summed E-state index contributed by atoms with van der Waals surface area (Å²) in [4.78, 5) is 30.2. The van der Waals surface area contributed by atoms with Gasteiger partial charge in [0.15, 0.2) is 0 Å². The van der Waals surface area contributed by atoms with Crippen LogP contribution in [0.5, 0.6) is 5.75 Å². The molecule has 4 rings (SSSR count). The van der Waals surface area contributed by atoms with Crippen LogP contribution in [0.4, 0.5) is 0 Å². The first kappa shape index (κ1) is 25.5. The summed E-state index contributed by atoms with van der Waals surface area (Å²) in [6, 6.07) is 8.96. The van der Waals surface area contributed by atoms with Crippen LogP contribution in [0.15, 0.2) is 34.9 Å². The molecule has 0 N–H and O–H groups in total. The monoisotopic (exact) mass is 503 g/mol. The lowest BCUT2D eigenvalue weighted by atomic mass is 9.77. The zero-order valence-electron chi connectivity index (χ0n) is 20.5. The average molecular weight is 504 g/mol. The summed E-state index contributed by atoms with van der Waals surface area (Å²) in [5, 5.41) is 4.66. The van der Waals surface area contributed by atoms with Gasteiger partial charge in [-0.2, -0.15) is 0 Å². The molecule has 2 amide bonds. The summed E-state index contributed by atoms with van der Waals surface area (Å²) in [5.74, 6) is 1.18. The van der Waals surface area contributed by atoms with Crippen molar-refractivity contribution in [3.8, 4) is 5.75 Å². The molecule has 2 saturated heterocycles. The van der Waals surface area contributed by atoms with E-state index in [-0.39, 0.29) is 17.6 Å². The number of nitrogens with zero attached hydrogens (tertiary/aromatic N) is 3. The van der Waals surface area contributed by atoms with Gasteiger partial charge in [-0.1, -0.05) is 36.7 Å². The van der Waals surface area contributed by atoms with Crippen molar-refractivity contribution in [2.24, 2.45) is 11.3 Å². The summed E-state index contributed by atoms with van der Waals surface area (Å²) < 4.78 is 16.9. The van der Waals surface area contributed by atoms with E-state index in [4.69, 9.17) is 25.6 Å². The number of halogens is 1. The number of hydrogen-bond donors (Lipinski definition) is 0. The molecule has 8 nitrogen and oxygen atoms in total. The zero-order valence-corrected chi connectivity index (χ0v) is 21.3. The van der Waals surface area contributed by atoms with Crippen molar-refractivity contribution >= 4 is 23.4 Å². The van der Waals surface area contributed by atoms with Gasteiger partial charge >= 0.3 is 0 Å². The van der Waals surface area contributed by atoms with Gasteiger partial charge in [0, 0.05) is 49.1 Å². The van der Waals surface area contributed by atoms with Gasteiger partial charge in [-0.25, -0.2) is 0 Å². The van der Waals surface area contributed by atoms with Crippen LogP contribution in [0.25, 0.3) is 0 Å². The predicted molar refractivity (Wildman–Crippen MR) is 132 cm³/mol. The summed E-state index contributed by atoms with van der Waals surface area (Å²) in [6.07, 6.45) is 2.60. The maximum atomic E-state index is 13.3. The molecule has 2 aromatic rings. The van der Waals surface area contributed by atoms with Crippen LogP contribution in [-0.4, -0.2) is 72.8 Å². The molecule has 2 aliphatic heterocycles. The summed E-state index contributed by atoms with van der Waals surface area (Å²) in [6.45, 7) is 7.78. The number of carbonyl (C=O) groups excluding carboxylic acids is 2. The van der Waals surface area contributed by atoms with Crippen molar-refractivity contribution in [3.63, 3.8) is 0 Å². The molecule has 0 spiro atoms. The molecule has 0 bridgehead atoms. The maximum Gasteiger partial charge on any atom is 0.292 e. The summed E-state index contributed by atoms with van der Waals surface area (Å²) in [7, 11) is 0. The van der Waals surface area contributed by atoms with Crippen LogP contribution in [0.2, 0.25) is 5.02 Å². The Morgan fingerprint density at radius 2 is 1.97 bits per heavy atom. The molecule has 1 aromatic carbocycles. The first-order valence-electron chi connectivity index (χ1n) is 12.3. The van der Waals surface area contributed by atoms with E-state index in [1.165, 1.54) is 0 Å². The third-order valence-corrected chi connectivity index (χ3v) is 6.80. The minimum atomic E-state index is -0.521. The summed E-state index contributed by atoms with van der Waals surface area (Å²) >= 11 is 6.13. The van der Waals surface area contributed by atoms with Crippen molar-refractivity contribution in [2.45, 2.75) is 39.5 Å². The molecular formula is C26H34ClN3O5. The third kappa shape index (κ3) is 6.76. The molecule has 0 saturated carbocycles. The van der Waals surface area contributed by atoms with Crippen LogP contribution in [0.3, 0.4) is 0 Å². The first-order valence-corrected chi connectivity index (χ1v) is 12.7. The Bertz CT molecular complexity index is 1020. The lowest BCUT2D eigenvalue weighted by molar-refractivity contribution is -0.139. The maximum absolute atomic E-state index is 13.3. The van der Waals surface area contributed by atoms with Gasteiger partial charge in [0.1, 0.15) is 5.75 Å². The number of benzene rings is 1. The molecular weight excluding hydrogens is 470 g/mol. The third-order valence-electron chi connectivity index (χ3n) is 6.57. The topological polar surface area (TPSA) is 85.1 Å². The molecule has 0 aliphatic carbocycles. The Balaban J connectivity index is 1.51. The van der Waals surface area contributed by atoms with Crippen LogP contribution >= 0.6 is 11.6 Å². The molecule has 1 atom stereocenters. The summed E-state index contributed by atoms with van der Waals surface area (Å²) in [5.41, 5.74) is 0.255. The normalized spacial score (nSPS) is 20.8. The van der Waals surface area contributed by atoms with Crippen LogP contribution in [-0.2, 0) is 16.0 Å². The number of piperidine rings is 1. The van der Waals surface area contributed by atoms with Crippen molar-refractivity contribution in [1.29, 1.82) is 0 Å². The van der Waals surface area contributed by atoms with E-state index in [0.29, 0.717) is 69.1 Å². The molecule has 9 heteroatoms. The Morgan fingerprint density at radius 1 is 1.17 bits per heavy atom. The molecule has 2 fully saturated rings. The Labute approximate surface area is 211 Å². The van der Waals surface area contributed by atoms with Crippen LogP contribution in [0, 0.1) is 11.3 Å². The number of likely N-dealkylation sites (tertiary alicyclic amines) is 1. The van der Waals surface area contributed by atoms with Crippen molar-refractivity contribution < 1.29 is 23.6 Å². The molecule has 0 radical (unpaired) electrons. The second kappa shape index (κ2) is 11.4. The molecule has 190 valence electrons. The van der Waals surface area contributed by atoms with Gasteiger partial charge in [-0.05, 0) is 43.4 Å². The molecule has 1 aromatic heterocycles. The number of aromatic nitrogens is 1. The Kier molecular flexibility index (Phi) is 8.34. The van der Waals surface area contributed by atoms with Crippen molar-refractivity contribution in [2.75, 3.05) is 46.0 Å². The van der Waals surface area contributed by atoms with E-state index in [1.54, 1.807) is 23.1 Å². The lowest BCUT2D eigenvalue weighted by Gasteiger charge is -2.43. The fourth-order valence-corrected chi connectivity index (χ4v) is 5.00. The van der Waals surface area contributed by atoms with Crippen molar-refractivity contribution in [3.05, 3.63) is 46.8 Å². The number of carbonyl (C=O) groups is 2. The van der Waals surface area contributed by atoms with Gasteiger partial charge < -0.3 is 23.8 Å². The number of ether oxygens (including phenoxy) is 2. The smallest absolute Gasteiger partial charge is 0.292 e. The highest BCUT2D eigenvalue weighted by Gasteiger charge is 2.41. The molecule has 2 aliphatic rings. The van der Waals surface area contributed by atoms with E-state index >= 15 is 0 Å². The SMILES string of the molecule is CC(C)Cc1cc(C(=O)N2CCC[C@](COc3cccc(Cl)c3)(CC(=O)N3CCOCC3)C2)on1. The average Bonchev–Trinajstić information content (AvgIpc) is 3.31. The molecule has 3 heterocycles. The van der Waals surface area contributed by atoms with Crippen LogP contribution < -0.4 is 4.74 Å². The highest BCUT2D eigenvalue weighted by Crippen LogP contribution is 2.36. The predicted octanol–water partition coefficient (Wildman–Crippen LogP) is 4.08. The minimum absolute atomic E-state index is 0.0659. The number of rotatable bonds is 8. The van der Waals surface area contributed by atoms with Gasteiger partial charge in [0.2, 0.25) is 11.7 Å². The fraction of sp³-hybridized carbons (Fsp3) is 0.577. The van der Waals surface area contributed by atoms with Crippen LogP contribution in [0.1, 0.15) is 49.4 Å². The van der Waals surface area contributed by atoms with E-state index < -0.39 is 5.41 Å². The molecule has 0 unspecified atom stereocenters. The van der Waals surface area contributed by atoms with Gasteiger partial charge in [-0.3, -0.25) is 9.59 Å². The van der Waals surface area contributed by atoms with E-state index in [2.05, 4.69) is 19.0 Å². The standard InChI is InChI=1S/C26H34ClN3O5/c1-19(2)13-21-15-23(35-28-21)25(32)30-8-4-7-26(17-30,16-24(31)29-9-11-33-12-10-29)18-34-22-6-3-5-20(27)14-22/h3,5-6,14-15,19H,4,7-13,16-18H2,1-2H3/t26-/m0/s1. The van der Waals surface area contributed by atoms with E-state index in [9.17, 15) is 9.59 Å². The Morgan fingerprint density at radius 3 is 2.71 bits per heavy atom. The number of hydrogen-bond acceptors (Lipinski definition) is 6. The second-order valence-corrected chi connectivity index (χ2v) is 10.5. The highest BCUT2D eigenvalue weighted by molar-refractivity contribution is 6.30. The van der Waals surface area contributed by atoms with Gasteiger partial charge in [-0.15, -0.1) is 0 Å². The largest absolute Gasteiger partial charge is 0.493 e. The Hall–Kier alpha value is -2.58. The van der Waals surface area contributed by atoms with E-state index in [1.807, 2.05) is 17.0 Å². The number of amides is 2. The fourth-order valence-electron chi connectivity index (χ4n) is 4.82. The molecule has 35 heavy (non-hydrogen) atoms. The van der Waals surface area contributed by atoms with Gasteiger partial charge in [0.25, 0.3) is 5.91 Å². The van der Waals surface area contributed by atoms with Crippen molar-refractivity contribution in [1.82, 2.24) is 15.0 Å². The second-order valence-electron chi connectivity index (χ2n) is 10.0. The zero-order chi connectivity index (χ0) is 24.8. The highest BCUT2D eigenvalue weighted by atomic mass is 35.5. The first-order chi connectivity index (χ1) is 16.8. The quantitative estimate of drug-likeness (QED) is 0.539. The lowest BCUT2D eigenvalue weighted by Crippen LogP contribution is -2.52. The number of morpholine rings is 1. The minimum Gasteiger partial charge on any atom is -0.493 e. The van der Waals surface area contributed by atoms with Gasteiger partial charge in [0.05, 0.1) is 25.5 Å². The van der Waals surface area contributed by atoms with E-state index in [0.717, 1.165) is 25.0 Å².